The SMILES string of the molecule is C[C@@H](CC(=O)NC1CCOc2cc(CN3CCCCC3)ccc21)NS(=O)(=O)c1cc(Cl)cc(Cl)c1. The average Bonchev–Trinajstić information content (AvgIpc) is 2.78. The van der Waals surface area contributed by atoms with Crippen LogP contribution in [0.1, 0.15) is 56.2 Å². The molecule has 1 fully saturated rings. The molecule has 2 aromatic rings. The first-order valence-corrected chi connectivity index (χ1v) is 14.2. The summed E-state index contributed by atoms with van der Waals surface area (Å²) in [6.07, 6.45) is 4.45. The first-order chi connectivity index (χ1) is 16.7. The topological polar surface area (TPSA) is 87.7 Å². The highest BCUT2D eigenvalue weighted by Gasteiger charge is 2.26. The lowest BCUT2D eigenvalue weighted by molar-refractivity contribution is -0.122. The van der Waals surface area contributed by atoms with Crippen molar-refractivity contribution in [1.82, 2.24) is 14.9 Å². The monoisotopic (exact) mass is 539 g/mol. The average molecular weight is 541 g/mol. The fourth-order valence-electron chi connectivity index (χ4n) is 4.65. The number of rotatable bonds is 8. The third-order valence-corrected chi connectivity index (χ3v) is 8.31. The molecule has 7 nitrogen and oxygen atoms in total. The summed E-state index contributed by atoms with van der Waals surface area (Å²) in [5.74, 6) is 0.571. The van der Waals surface area contributed by atoms with Crippen LogP contribution in [0.2, 0.25) is 10.0 Å². The zero-order valence-corrected chi connectivity index (χ0v) is 22.1. The van der Waals surface area contributed by atoms with Crippen molar-refractivity contribution in [3.63, 3.8) is 0 Å². The predicted molar refractivity (Wildman–Crippen MR) is 137 cm³/mol. The Balaban J connectivity index is 1.35. The van der Waals surface area contributed by atoms with Crippen molar-refractivity contribution in [2.24, 2.45) is 0 Å². The van der Waals surface area contributed by atoms with Crippen LogP contribution in [0.15, 0.2) is 41.3 Å². The minimum atomic E-state index is -3.87. The molecule has 0 radical (unpaired) electrons. The lowest BCUT2D eigenvalue weighted by Gasteiger charge is -2.29. The maximum Gasteiger partial charge on any atom is 0.240 e. The van der Waals surface area contributed by atoms with Crippen LogP contribution in [0.5, 0.6) is 5.75 Å². The largest absolute Gasteiger partial charge is 0.493 e. The molecule has 2 N–H and O–H groups in total. The van der Waals surface area contributed by atoms with Crippen LogP contribution in [0.25, 0.3) is 0 Å². The van der Waals surface area contributed by atoms with E-state index < -0.39 is 16.1 Å². The Bertz CT molecular complexity index is 1150. The molecule has 2 heterocycles. The second kappa shape index (κ2) is 11.5. The predicted octanol–water partition coefficient (Wildman–Crippen LogP) is 4.68. The molecule has 0 spiro atoms. The molecule has 10 heteroatoms. The van der Waals surface area contributed by atoms with E-state index in [0.717, 1.165) is 30.9 Å². The number of benzene rings is 2. The van der Waals surface area contributed by atoms with E-state index in [1.807, 2.05) is 6.07 Å². The summed E-state index contributed by atoms with van der Waals surface area (Å²) in [6.45, 7) is 5.33. The molecular weight excluding hydrogens is 509 g/mol. The Hall–Kier alpha value is -1.84. The maximum atomic E-state index is 12.8. The molecular formula is C25H31Cl2N3O4S. The molecule has 1 unspecified atom stereocenters. The summed E-state index contributed by atoms with van der Waals surface area (Å²) in [4.78, 5) is 15.2. The van der Waals surface area contributed by atoms with Crippen LogP contribution in [0.3, 0.4) is 0 Å². The fraction of sp³-hybridized carbons (Fsp3) is 0.480. The highest BCUT2D eigenvalue weighted by atomic mass is 35.5. The number of hydrogen-bond acceptors (Lipinski definition) is 5. The number of ether oxygens (including phenoxy) is 1. The molecule has 0 bridgehead atoms. The fourth-order valence-corrected chi connectivity index (χ4v) is 6.62. The number of sulfonamides is 1. The van der Waals surface area contributed by atoms with E-state index in [-0.39, 0.29) is 33.3 Å². The van der Waals surface area contributed by atoms with Crippen molar-refractivity contribution in [2.75, 3.05) is 19.7 Å². The van der Waals surface area contributed by atoms with Crippen LogP contribution < -0.4 is 14.8 Å². The van der Waals surface area contributed by atoms with Gasteiger partial charge in [-0.1, -0.05) is 41.8 Å². The molecule has 0 saturated carbocycles. The number of nitrogens with zero attached hydrogens (tertiary/aromatic N) is 1. The standard InChI is InChI=1S/C25H31Cl2N3O4S/c1-17(29-35(32,33)21-14-19(26)13-20(27)15-21)11-25(31)28-23-7-10-34-24-12-18(5-6-22(23)24)16-30-8-3-2-4-9-30/h5-6,12-15,17,23,29H,2-4,7-11,16H2,1H3,(H,28,31)/t17-,23?/m0/s1. The quantitative estimate of drug-likeness (QED) is 0.508. The molecule has 2 aliphatic rings. The lowest BCUT2D eigenvalue weighted by atomic mass is 9.98. The molecule has 35 heavy (non-hydrogen) atoms. The van der Waals surface area contributed by atoms with Gasteiger partial charge in [-0.2, -0.15) is 0 Å². The summed E-state index contributed by atoms with van der Waals surface area (Å²) in [6, 6.07) is 9.52. The Kier molecular flexibility index (Phi) is 8.60. The van der Waals surface area contributed by atoms with Gasteiger partial charge in [0.05, 0.1) is 17.5 Å². The van der Waals surface area contributed by atoms with Gasteiger partial charge in [0.1, 0.15) is 5.75 Å². The van der Waals surface area contributed by atoms with E-state index in [1.165, 1.54) is 43.0 Å². The molecule has 0 aliphatic carbocycles. The number of likely N-dealkylation sites (tertiary alicyclic amines) is 1. The van der Waals surface area contributed by atoms with E-state index in [9.17, 15) is 13.2 Å². The van der Waals surface area contributed by atoms with Gasteiger partial charge in [-0.3, -0.25) is 9.69 Å². The molecule has 190 valence electrons. The van der Waals surface area contributed by atoms with Gasteiger partial charge in [-0.25, -0.2) is 13.1 Å². The van der Waals surface area contributed by atoms with Crippen LogP contribution >= 0.6 is 23.2 Å². The zero-order valence-electron chi connectivity index (χ0n) is 19.7. The van der Waals surface area contributed by atoms with Crippen molar-refractivity contribution >= 4 is 39.1 Å². The van der Waals surface area contributed by atoms with E-state index >= 15 is 0 Å². The smallest absolute Gasteiger partial charge is 0.240 e. The second-order valence-corrected chi connectivity index (χ2v) is 11.9. The Labute approximate surface area is 217 Å². The summed E-state index contributed by atoms with van der Waals surface area (Å²) in [7, 11) is -3.87. The van der Waals surface area contributed by atoms with Crippen LogP contribution in [-0.4, -0.2) is 45.0 Å². The number of carbonyl (C=O) groups is 1. The van der Waals surface area contributed by atoms with Crippen molar-refractivity contribution in [1.29, 1.82) is 0 Å². The van der Waals surface area contributed by atoms with Crippen LogP contribution in [-0.2, 0) is 21.4 Å². The minimum absolute atomic E-state index is 0.00668. The number of hydrogen-bond donors (Lipinski definition) is 2. The highest BCUT2D eigenvalue weighted by molar-refractivity contribution is 7.89. The molecule has 2 aliphatic heterocycles. The lowest BCUT2D eigenvalue weighted by Crippen LogP contribution is -2.39. The maximum absolute atomic E-state index is 12.8. The van der Waals surface area contributed by atoms with E-state index in [0.29, 0.717) is 13.0 Å². The molecule has 2 atom stereocenters. The van der Waals surface area contributed by atoms with Gasteiger partial charge in [-0.05, 0) is 62.7 Å². The first kappa shape index (κ1) is 26.2. The Morgan fingerprint density at radius 3 is 2.54 bits per heavy atom. The van der Waals surface area contributed by atoms with Crippen molar-refractivity contribution in [3.8, 4) is 5.75 Å². The summed E-state index contributed by atoms with van der Waals surface area (Å²) >= 11 is 11.9. The van der Waals surface area contributed by atoms with Gasteiger partial charge < -0.3 is 10.1 Å². The van der Waals surface area contributed by atoms with Crippen LogP contribution in [0.4, 0.5) is 0 Å². The van der Waals surface area contributed by atoms with Crippen LogP contribution in [0, 0.1) is 0 Å². The number of piperidine rings is 1. The van der Waals surface area contributed by atoms with Gasteiger partial charge in [0.15, 0.2) is 0 Å². The summed E-state index contributed by atoms with van der Waals surface area (Å²) in [5, 5.41) is 3.49. The molecule has 1 saturated heterocycles. The molecule has 0 aromatic heterocycles. The number of carbonyl (C=O) groups excluding carboxylic acids is 1. The third kappa shape index (κ3) is 7.11. The Morgan fingerprint density at radius 1 is 1.11 bits per heavy atom. The summed E-state index contributed by atoms with van der Waals surface area (Å²) < 4.78 is 33.8. The van der Waals surface area contributed by atoms with Gasteiger partial charge in [0.25, 0.3) is 0 Å². The van der Waals surface area contributed by atoms with Gasteiger partial charge in [0.2, 0.25) is 15.9 Å². The first-order valence-electron chi connectivity index (χ1n) is 12.0. The second-order valence-electron chi connectivity index (χ2n) is 9.30. The summed E-state index contributed by atoms with van der Waals surface area (Å²) in [5.41, 5.74) is 2.16. The van der Waals surface area contributed by atoms with Gasteiger partial charge in [-0.15, -0.1) is 0 Å². The van der Waals surface area contributed by atoms with Crippen molar-refractivity contribution < 1.29 is 17.9 Å². The molecule has 2 aromatic carbocycles. The number of fused-ring (bicyclic) bond motifs is 1. The van der Waals surface area contributed by atoms with E-state index in [4.69, 9.17) is 27.9 Å². The van der Waals surface area contributed by atoms with E-state index in [1.54, 1.807) is 6.92 Å². The van der Waals surface area contributed by atoms with Crippen molar-refractivity contribution in [3.05, 3.63) is 57.6 Å². The zero-order chi connectivity index (χ0) is 25.0. The normalized spacial score (nSPS) is 19.5. The van der Waals surface area contributed by atoms with E-state index in [2.05, 4.69) is 27.1 Å². The molecule has 1 amide bonds. The Morgan fingerprint density at radius 2 is 1.83 bits per heavy atom. The number of amides is 1. The highest BCUT2D eigenvalue weighted by Crippen LogP contribution is 2.33. The van der Waals surface area contributed by atoms with Crippen molar-refractivity contribution in [2.45, 2.75) is 62.6 Å². The van der Waals surface area contributed by atoms with Gasteiger partial charge in [0, 0.05) is 41.0 Å². The third-order valence-electron chi connectivity index (χ3n) is 6.30. The minimum Gasteiger partial charge on any atom is -0.493 e. The number of nitrogens with one attached hydrogen (secondary N) is 2. The van der Waals surface area contributed by atoms with Gasteiger partial charge >= 0.3 is 0 Å². The molecule has 4 rings (SSSR count). The number of halogens is 2.